The highest BCUT2D eigenvalue weighted by molar-refractivity contribution is 5.74. The van der Waals surface area contributed by atoms with Gasteiger partial charge in [-0.15, -0.1) is 0 Å². The topological polar surface area (TPSA) is 82.7 Å². The number of alkyl carbamates (subject to hydrolysis) is 1. The summed E-state index contributed by atoms with van der Waals surface area (Å²) in [6.07, 6.45) is 3.35. The molecule has 1 saturated heterocycles. The van der Waals surface area contributed by atoms with E-state index in [1.807, 2.05) is 0 Å². The fourth-order valence-electron chi connectivity index (χ4n) is 2.23. The molecule has 0 unspecified atom stereocenters. The summed E-state index contributed by atoms with van der Waals surface area (Å²) in [5.41, 5.74) is -0.511. The van der Waals surface area contributed by atoms with Gasteiger partial charge in [0.2, 0.25) is 0 Å². The van der Waals surface area contributed by atoms with Crippen molar-refractivity contribution in [2.45, 2.75) is 45.6 Å². The van der Waals surface area contributed by atoms with Crippen molar-refractivity contribution in [3.05, 3.63) is 0 Å². The van der Waals surface area contributed by atoms with Crippen LogP contribution in [-0.4, -0.2) is 61.9 Å². The van der Waals surface area contributed by atoms with E-state index in [0.717, 1.165) is 19.6 Å². The van der Waals surface area contributed by atoms with E-state index < -0.39 is 11.7 Å². The fourth-order valence-corrected chi connectivity index (χ4v) is 2.23. The van der Waals surface area contributed by atoms with Gasteiger partial charge in [-0.1, -0.05) is 6.42 Å². The van der Waals surface area contributed by atoms with Gasteiger partial charge in [-0.05, 0) is 46.7 Å². The van der Waals surface area contributed by atoms with Crippen molar-refractivity contribution >= 4 is 12.1 Å². The monoisotopic (exact) mass is 314 g/mol. The SMILES string of the molecule is CC(C)(C)OC(=O)NCCNC(=O)NCCN1CCCCC1. The van der Waals surface area contributed by atoms with E-state index in [9.17, 15) is 9.59 Å². The normalized spacial score (nSPS) is 16.0. The van der Waals surface area contributed by atoms with Crippen LogP contribution in [0.5, 0.6) is 0 Å². The van der Waals surface area contributed by atoms with Crippen molar-refractivity contribution in [2.24, 2.45) is 0 Å². The maximum Gasteiger partial charge on any atom is 0.407 e. The largest absolute Gasteiger partial charge is 0.444 e. The van der Waals surface area contributed by atoms with E-state index in [2.05, 4.69) is 20.9 Å². The summed E-state index contributed by atoms with van der Waals surface area (Å²) >= 11 is 0. The van der Waals surface area contributed by atoms with Crippen LogP contribution in [0.15, 0.2) is 0 Å². The van der Waals surface area contributed by atoms with Crippen LogP contribution in [0.4, 0.5) is 9.59 Å². The molecule has 0 spiro atoms. The predicted molar refractivity (Wildman–Crippen MR) is 85.9 cm³/mol. The second-order valence-electron chi connectivity index (χ2n) is 6.51. The highest BCUT2D eigenvalue weighted by Gasteiger charge is 2.15. The van der Waals surface area contributed by atoms with Crippen LogP contribution in [0.25, 0.3) is 0 Å². The van der Waals surface area contributed by atoms with E-state index >= 15 is 0 Å². The molecule has 7 heteroatoms. The van der Waals surface area contributed by atoms with Crippen molar-refractivity contribution < 1.29 is 14.3 Å². The molecule has 128 valence electrons. The lowest BCUT2D eigenvalue weighted by molar-refractivity contribution is 0.0528. The zero-order valence-corrected chi connectivity index (χ0v) is 14.0. The lowest BCUT2D eigenvalue weighted by Crippen LogP contribution is -2.44. The third-order valence-corrected chi connectivity index (χ3v) is 3.24. The number of likely N-dealkylation sites (tertiary alicyclic amines) is 1. The molecule has 1 aliphatic rings. The lowest BCUT2D eigenvalue weighted by Gasteiger charge is -2.26. The molecule has 22 heavy (non-hydrogen) atoms. The van der Waals surface area contributed by atoms with Gasteiger partial charge >= 0.3 is 12.1 Å². The Kier molecular flexibility index (Phi) is 8.01. The summed E-state index contributed by atoms with van der Waals surface area (Å²) in [5, 5.41) is 8.11. The number of ether oxygens (including phenoxy) is 1. The van der Waals surface area contributed by atoms with Crippen molar-refractivity contribution in [3.8, 4) is 0 Å². The van der Waals surface area contributed by atoms with Crippen molar-refractivity contribution in [1.29, 1.82) is 0 Å². The van der Waals surface area contributed by atoms with E-state index in [1.165, 1.54) is 19.3 Å². The summed E-state index contributed by atoms with van der Waals surface area (Å²) in [5.74, 6) is 0. The van der Waals surface area contributed by atoms with Gasteiger partial charge in [0.15, 0.2) is 0 Å². The Bertz CT molecular complexity index is 349. The summed E-state index contributed by atoms with van der Waals surface area (Å²) in [4.78, 5) is 25.3. The van der Waals surface area contributed by atoms with Gasteiger partial charge in [-0.25, -0.2) is 9.59 Å². The number of amides is 3. The molecule has 0 aromatic carbocycles. The first-order chi connectivity index (χ1) is 10.4. The standard InChI is InChI=1S/C15H30N4O3/c1-15(2,3)22-14(21)18-8-7-16-13(20)17-9-12-19-10-5-4-6-11-19/h4-12H2,1-3H3,(H,18,21)(H2,16,17,20). The molecule has 0 saturated carbocycles. The average Bonchev–Trinajstić information content (AvgIpc) is 2.43. The predicted octanol–water partition coefficient (Wildman–Crippen LogP) is 1.30. The third-order valence-electron chi connectivity index (χ3n) is 3.24. The van der Waals surface area contributed by atoms with Gasteiger partial charge in [-0.2, -0.15) is 0 Å². The van der Waals surface area contributed by atoms with Crippen molar-refractivity contribution in [3.63, 3.8) is 0 Å². The third kappa shape index (κ3) is 9.44. The van der Waals surface area contributed by atoms with Crippen LogP contribution in [0.2, 0.25) is 0 Å². The van der Waals surface area contributed by atoms with Crippen LogP contribution in [-0.2, 0) is 4.74 Å². The van der Waals surface area contributed by atoms with Crippen LogP contribution >= 0.6 is 0 Å². The first-order valence-electron chi connectivity index (χ1n) is 8.08. The summed E-state index contributed by atoms with van der Waals surface area (Å²) in [7, 11) is 0. The van der Waals surface area contributed by atoms with E-state index in [0.29, 0.717) is 19.6 Å². The molecular formula is C15H30N4O3. The van der Waals surface area contributed by atoms with Crippen molar-refractivity contribution in [2.75, 3.05) is 39.3 Å². The molecule has 0 bridgehead atoms. The van der Waals surface area contributed by atoms with Gasteiger partial charge < -0.3 is 25.6 Å². The van der Waals surface area contributed by atoms with Crippen LogP contribution in [0, 0.1) is 0 Å². The minimum Gasteiger partial charge on any atom is -0.444 e. The molecule has 3 N–H and O–H groups in total. The fraction of sp³-hybridized carbons (Fsp3) is 0.867. The van der Waals surface area contributed by atoms with E-state index in [-0.39, 0.29) is 6.03 Å². The second-order valence-corrected chi connectivity index (χ2v) is 6.51. The minimum absolute atomic E-state index is 0.206. The molecule has 3 amide bonds. The number of hydrogen-bond acceptors (Lipinski definition) is 4. The molecule has 7 nitrogen and oxygen atoms in total. The Morgan fingerprint density at radius 1 is 0.955 bits per heavy atom. The van der Waals surface area contributed by atoms with Crippen LogP contribution in [0.3, 0.4) is 0 Å². The summed E-state index contributed by atoms with van der Waals surface area (Å²) < 4.78 is 5.09. The Hall–Kier alpha value is -1.50. The van der Waals surface area contributed by atoms with Gasteiger partial charge in [0.1, 0.15) is 5.60 Å². The quantitative estimate of drug-likeness (QED) is 0.645. The second kappa shape index (κ2) is 9.50. The molecule has 0 aromatic rings. The van der Waals surface area contributed by atoms with E-state index in [1.54, 1.807) is 20.8 Å². The minimum atomic E-state index is -0.511. The Morgan fingerprint density at radius 3 is 2.18 bits per heavy atom. The van der Waals surface area contributed by atoms with Crippen LogP contribution < -0.4 is 16.0 Å². The molecule has 1 rings (SSSR count). The van der Waals surface area contributed by atoms with Crippen LogP contribution in [0.1, 0.15) is 40.0 Å². The maximum absolute atomic E-state index is 11.6. The van der Waals surface area contributed by atoms with Gasteiger partial charge in [0, 0.05) is 26.2 Å². The first kappa shape index (κ1) is 18.5. The molecule has 0 radical (unpaired) electrons. The van der Waals surface area contributed by atoms with E-state index in [4.69, 9.17) is 4.74 Å². The van der Waals surface area contributed by atoms with Gasteiger partial charge in [-0.3, -0.25) is 0 Å². The highest BCUT2D eigenvalue weighted by atomic mass is 16.6. The molecule has 0 atom stereocenters. The zero-order valence-electron chi connectivity index (χ0n) is 14.0. The summed E-state index contributed by atoms with van der Waals surface area (Å²) in [6, 6.07) is -0.206. The number of urea groups is 1. The molecule has 1 heterocycles. The summed E-state index contributed by atoms with van der Waals surface area (Å²) in [6.45, 7) is 9.92. The number of nitrogens with one attached hydrogen (secondary N) is 3. The molecular weight excluding hydrogens is 284 g/mol. The Balaban J connectivity index is 1.98. The lowest BCUT2D eigenvalue weighted by atomic mass is 10.1. The molecule has 1 fully saturated rings. The first-order valence-corrected chi connectivity index (χ1v) is 8.08. The number of carbonyl (C=O) groups is 2. The highest BCUT2D eigenvalue weighted by Crippen LogP contribution is 2.07. The molecule has 1 aliphatic heterocycles. The maximum atomic E-state index is 11.6. The zero-order chi connectivity index (χ0) is 16.4. The van der Waals surface area contributed by atoms with Crippen molar-refractivity contribution in [1.82, 2.24) is 20.9 Å². The van der Waals surface area contributed by atoms with Gasteiger partial charge in [0.25, 0.3) is 0 Å². The smallest absolute Gasteiger partial charge is 0.407 e. The van der Waals surface area contributed by atoms with Gasteiger partial charge in [0.05, 0.1) is 0 Å². The number of piperidine rings is 1. The molecule has 0 aromatic heterocycles. The average molecular weight is 314 g/mol. The Labute approximate surface area is 133 Å². The number of nitrogens with zero attached hydrogens (tertiary/aromatic N) is 1. The number of carbonyl (C=O) groups excluding carboxylic acids is 2. The molecule has 0 aliphatic carbocycles. The number of hydrogen-bond donors (Lipinski definition) is 3. The Morgan fingerprint density at radius 2 is 1.55 bits per heavy atom. The number of rotatable bonds is 6.